The SMILES string of the molecule is [I-].[I][Mg][I].[Na+]. The van der Waals surface area contributed by atoms with Gasteiger partial charge in [0, 0.05) is 0 Å². The summed E-state index contributed by atoms with van der Waals surface area (Å²) in [7, 11) is 0. The average Bonchev–Trinajstić information content (AvgIpc) is 0.918. The molecule has 5 heavy (non-hydrogen) atoms. The Morgan fingerprint density at radius 3 is 1.20 bits per heavy atom. The Bertz CT molecular complexity index is 6.85. The summed E-state index contributed by atoms with van der Waals surface area (Å²) in [5.41, 5.74) is 0. The molecule has 24 valence electrons. The summed E-state index contributed by atoms with van der Waals surface area (Å²) in [6.07, 6.45) is 0. The molecular formula is I3MgNa. The van der Waals surface area contributed by atoms with Crippen molar-refractivity contribution in [3.05, 3.63) is 0 Å². The zero-order valence-corrected chi connectivity index (χ0v) is 12.7. The number of rotatable bonds is 0. The van der Waals surface area contributed by atoms with E-state index in [-0.39, 0.29) is 53.5 Å². The fourth-order valence-corrected chi connectivity index (χ4v) is 0. The Balaban J connectivity index is -0.0000000200. The molecule has 0 aromatic heterocycles. The maximum atomic E-state index is 2.41. The van der Waals surface area contributed by atoms with Crippen molar-refractivity contribution in [2.75, 3.05) is 0 Å². The largest absolute Gasteiger partial charge is 1.00 e. The molecule has 0 aliphatic heterocycles. The van der Waals surface area contributed by atoms with Crippen LogP contribution in [0.5, 0.6) is 0 Å². The predicted octanol–water partition coefficient (Wildman–Crippen LogP) is -4.60. The second-order valence-corrected chi connectivity index (χ2v) is 13.6. The minimum Gasteiger partial charge on any atom is -1.00 e. The molecule has 0 nitrogen and oxygen atoms in total. The predicted molar refractivity (Wildman–Crippen MR) is 33.8 cm³/mol. The van der Waals surface area contributed by atoms with Gasteiger partial charge in [-0.05, 0) is 0 Å². The normalized spacial score (nSPS) is 2.00. The van der Waals surface area contributed by atoms with Gasteiger partial charge < -0.3 is 24.0 Å². The minimum absolute atomic E-state index is 0. The maximum absolute atomic E-state index is 2.41. The summed E-state index contributed by atoms with van der Waals surface area (Å²) in [6.45, 7) is 0. The van der Waals surface area contributed by atoms with Gasteiger partial charge in [-0.3, -0.25) is 37.7 Å². The van der Waals surface area contributed by atoms with Crippen molar-refractivity contribution in [3.8, 4) is 0 Å². The van der Waals surface area contributed by atoms with E-state index in [1.54, 1.807) is 0 Å². The molecule has 0 aromatic rings. The van der Waals surface area contributed by atoms with E-state index in [1.165, 1.54) is 0 Å². The van der Waals surface area contributed by atoms with Crippen molar-refractivity contribution in [1.82, 2.24) is 0 Å². The Hall–Kier alpha value is 3.96. The van der Waals surface area contributed by atoms with Crippen LogP contribution in [0.2, 0.25) is 0 Å². The van der Waals surface area contributed by atoms with Gasteiger partial charge in [0.2, 0.25) is 0 Å². The van der Waals surface area contributed by atoms with Crippen LogP contribution >= 0.6 is 37.7 Å². The summed E-state index contributed by atoms with van der Waals surface area (Å²) in [5.74, 6) is 0. The Labute approximate surface area is 101 Å². The van der Waals surface area contributed by atoms with E-state index in [9.17, 15) is 0 Å². The zero-order chi connectivity index (χ0) is 2.71. The standard InChI is InChI=1S/3HI.Mg.Na/h3*1H;;/q;;;+2;+1/p-3. The quantitative estimate of drug-likeness (QED) is 0.270. The van der Waals surface area contributed by atoms with Crippen LogP contribution in [0.25, 0.3) is 0 Å². The average molecular weight is 428 g/mol. The molecule has 0 radical (unpaired) electrons. The molecular weight excluding hydrogens is 428 g/mol. The fraction of sp³-hybridized carbons (Fsp3) is 0. The molecule has 0 bridgehead atoms. The van der Waals surface area contributed by atoms with Crippen LogP contribution in [0.4, 0.5) is 0 Å². The third-order valence-electron chi connectivity index (χ3n) is 0. The Kier molecular flexibility index (Phi) is 50.1. The molecule has 0 N–H and O–H groups in total. The second kappa shape index (κ2) is 15.7. The van der Waals surface area contributed by atoms with E-state index in [0.717, 1.165) is 0 Å². The smallest absolute Gasteiger partial charge is 1.00 e. The third-order valence-corrected chi connectivity index (χ3v) is 0. The summed E-state index contributed by atoms with van der Waals surface area (Å²) < 4.78 is 0. The van der Waals surface area contributed by atoms with E-state index < -0.39 is 0 Å². The third kappa shape index (κ3) is 18.0. The first-order valence-electron chi connectivity index (χ1n) is 0.535. The van der Waals surface area contributed by atoms with E-state index >= 15 is 0 Å². The molecule has 0 spiro atoms. The topological polar surface area (TPSA) is 0 Å². The summed E-state index contributed by atoms with van der Waals surface area (Å²) in [4.78, 5) is 0. The molecule has 5 heteroatoms. The van der Waals surface area contributed by atoms with Crippen molar-refractivity contribution in [3.63, 3.8) is 0 Å². The van der Waals surface area contributed by atoms with Gasteiger partial charge in [0.15, 0.2) is 0 Å². The van der Waals surface area contributed by atoms with E-state index in [2.05, 4.69) is 37.7 Å². The molecule has 0 aliphatic rings. The molecule has 0 aromatic carbocycles. The first kappa shape index (κ1) is 16.0. The fourth-order valence-electron chi connectivity index (χ4n) is 0. The van der Waals surface area contributed by atoms with Crippen LogP contribution in [0.15, 0.2) is 0 Å². The summed E-state index contributed by atoms with van der Waals surface area (Å²) >= 11 is 5.18. The van der Waals surface area contributed by atoms with E-state index in [1.807, 2.05) is 0 Å². The van der Waals surface area contributed by atoms with Crippen molar-refractivity contribution in [2.24, 2.45) is 0 Å². The van der Waals surface area contributed by atoms with Gasteiger partial charge in [0.05, 0.1) is 0 Å². The van der Waals surface area contributed by atoms with Crippen LogP contribution in [-0.2, 0) is 0 Å². The van der Waals surface area contributed by atoms with Crippen molar-refractivity contribution in [2.45, 2.75) is 0 Å². The summed E-state index contributed by atoms with van der Waals surface area (Å²) in [5, 5.41) is 0. The maximum Gasteiger partial charge on any atom is 1.00 e. The molecule has 0 saturated carbocycles. The second-order valence-electron chi connectivity index (χ2n) is 0.101. The number of hydrogen-bond acceptors (Lipinski definition) is 0. The molecule has 0 saturated heterocycles. The van der Waals surface area contributed by atoms with Gasteiger partial charge in [0.25, 0.3) is 0 Å². The van der Waals surface area contributed by atoms with Crippen LogP contribution in [0.3, 0.4) is 0 Å². The van der Waals surface area contributed by atoms with Crippen LogP contribution in [0.1, 0.15) is 0 Å². The van der Waals surface area contributed by atoms with Gasteiger partial charge in [-0.15, -0.1) is 0 Å². The van der Waals surface area contributed by atoms with Crippen LogP contribution in [-0.4, -0.2) is 12.6 Å². The van der Waals surface area contributed by atoms with Crippen molar-refractivity contribution >= 4 is 50.3 Å². The first-order valence-corrected chi connectivity index (χ1v) is 10.8. The molecule has 0 amide bonds. The number of halogens is 3. The molecule has 0 unspecified atom stereocenters. The molecule has 0 heterocycles. The summed E-state index contributed by atoms with van der Waals surface area (Å²) in [6, 6.07) is 0. The minimum atomic E-state index is 0. The van der Waals surface area contributed by atoms with Crippen molar-refractivity contribution in [1.29, 1.82) is 0 Å². The van der Waals surface area contributed by atoms with E-state index in [4.69, 9.17) is 0 Å². The van der Waals surface area contributed by atoms with Crippen molar-refractivity contribution < 1.29 is 53.5 Å². The Morgan fingerprint density at radius 2 is 1.20 bits per heavy atom. The Morgan fingerprint density at radius 1 is 1.20 bits per heavy atom. The molecule has 0 aliphatic carbocycles. The molecule has 0 fully saturated rings. The van der Waals surface area contributed by atoms with Gasteiger partial charge in [-0.2, -0.15) is 0 Å². The first-order chi connectivity index (χ1) is 1.41. The van der Waals surface area contributed by atoms with E-state index in [0.29, 0.717) is 12.6 Å². The van der Waals surface area contributed by atoms with Gasteiger partial charge >= 0.3 is 42.2 Å². The van der Waals surface area contributed by atoms with Gasteiger partial charge in [0.1, 0.15) is 0 Å². The van der Waals surface area contributed by atoms with Gasteiger partial charge in [-0.25, -0.2) is 0 Å². The van der Waals surface area contributed by atoms with Crippen LogP contribution < -0.4 is 53.5 Å². The van der Waals surface area contributed by atoms with Crippen LogP contribution in [0, 0.1) is 0 Å². The number of hydrogen-bond donors (Lipinski definition) is 0. The monoisotopic (exact) mass is 428 g/mol. The molecule has 0 atom stereocenters. The molecule has 0 rings (SSSR count). The zero-order valence-electron chi connectivity index (χ0n) is 2.84. The van der Waals surface area contributed by atoms with Gasteiger partial charge in [-0.1, -0.05) is 0 Å².